The fourth-order valence-electron chi connectivity index (χ4n) is 8.77. The molecule has 79 heavy (non-hydrogen) atoms. The van der Waals surface area contributed by atoms with Crippen molar-refractivity contribution in [3.63, 3.8) is 0 Å². The molecule has 6 aromatic rings. The predicted octanol–water partition coefficient (Wildman–Crippen LogP) is 16.3. The van der Waals surface area contributed by atoms with Gasteiger partial charge in [0, 0.05) is 82.4 Å². The Balaban J connectivity index is 0.000000295. The van der Waals surface area contributed by atoms with Crippen molar-refractivity contribution in [3.8, 4) is 11.5 Å². The summed E-state index contributed by atoms with van der Waals surface area (Å²) in [5.74, 6) is -3.29. The third-order valence-electron chi connectivity index (χ3n) is 13.1. The topological polar surface area (TPSA) is 76.2 Å². The van der Waals surface area contributed by atoms with Crippen LogP contribution in [-0.4, -0.2) is 93.0 Å². The van der Waals surface area contributed by atoms with Crippen LogP contribution in [0.3, 0.4) is 0 Å². The molecule has 7 nitrogen and oxygen atoms in total. The Hall–Kier alpha value is -5.67. The molecule has 0 aliphatic carbocycles. The Bertz CT molecular complexity index is 2760. The van der Waals surface area contributed by atoms with Gasteiger partial charge in [0.05, 0.1) is 0 Å². The van der Waals surface area contributed by atoms with E-state index in [1.165, 1.54) is 6.92 Å². The van der Waals surface area contributed by atoms with Gasteiger partial charge < -0.3 is 24.1 Å². The van der Waals surface area contributed by atoms with E-state index in [9.17, 15) is 40.7 Å². The number of hydrogen-bond acceptors (Lipinski definition) is 7. The van der Waals surface area contributed by atoms with Gasteiger partial charge in [-0.05, 0) is 146 Å². The van der Waals surface area contributed by atoms with Gasteiger partial charge in [-0.2, -0.15) is 26.3 Å². The van der Waals surface area contributed by atoms with Gasteiger partial charge in [0.1, 0.15) is 30.5 Å². The number of unbranched alkanes of at least 4 members (excludes halogenated alkanes) is 2. The van der Waals surface area contributed by atoms with Gasteiger partial charge in [-0.1, -0.05) is 139 Å². The molecule has 422 valence electrons. The number of alkyl halides is 6. The minimum Gasteiger partial charge on any atom is -0.492 e. The lowest BCUT2D eigenvalue weighted by Gasteiger charge is -2.25. The van der Waals surface area contributed by atoms with Gasteiger partial charge in [-0.15, -0.1) is 0 Å². The first-order valence-corrected chi connectivity index (χ1v) is 27.2. The lowest BCUT2D eigenvalue weighted by atomic mass is 9.89. The van der Waals surface area contributed by atoms with Crippen LogP contribution in [0.25, 0.3) is 0 Å². The summed E-state index contributed by atoms with van der Waals surface area (Å²) in [6.45, 7) is 8.35. The maximum absolute atomic E-state index is 13.2. The Labute approximate surface area is 479 Å². The van der Waals surface area contributed by atoms with Crippen LogP contribution < -0.4 is 9.47 Å². The molecule has 0 heterocycles. The number of likely N-dealkylation sites (N-methyl/N-ethyl adjacent to an activating group) is 2. The van der Waals surface area contributed by atoms with E-state index in [0.717, 1.165) is 35.3 Å². The van der Waals surface area contributed by atoms with Crippen molar-refractivity contribution in [2.45, 2.75) is 76.1 Å². The second-order valence-electron chi connectivity index (χ2n) is 19.5. The number of ether oxygens (including phenoxy) is 2. The van der Waals surface area contributed by atoms with Crippen molar-refractivity contribution >= 4 is 63.8 Å². The quantitative estimate of drug-likeness (QED) is 0.0275. The second kappa shape index (κ2) is 31.4. The number of benzene rings is 6. The smallest absolute Gasteiger partial charge is 0.454 e. The molecule has 17 heteroatoms. The molecule has 6 rings (SSSR count). The third kappa shape index (κ3) is 22.4. The van der Waals surface area contributed by atoms with Crippen LogP contribution in [0.1, 0.15) is 84.2 Å². The van der Waals surface area contributed by atoms with Gasteiger partial charge >= 0.3 is 12.4 Å². The van der Waals surface area contributed by atoms with Crippen LogP contribution >= 0.6 is 46.4 Å². The van der Waals surface area contributed by atoms with Crippen molar-refractivity contribution in [1.29, 1.82) is 0 Å². The summed E-state index contributed by atoms with van der Waals surface area (Å²) in [6.07, 6.45) is -7.72. The third-order valence-corrected chi connectivity index (χ3v) is 14.1. The highest BCUT2D eigenvalue weighted by Crippen LogP contribution is 2.32. The molecule has 0 saturated carbocycles. The molecule has 0 saturated heterocycles. The average Bonchev–Trinajstić information content (AvgIpc) is 3.42. The summed E-state index contributed by atoms with van der Waals surface area (Å²) in [5.41, 5.74) is 5.24. The zero-order valence-corrected chi connectivity index (χ0v) is 47.2. The van der Waals surface area contributed by atoms with Crippen LogP contribution in [0.15, 0.2) is 158 Å². The average molecular weight is 1170 g/mol. The summed E-state index contributed by atoms with van der Waals surface area (Å²) in [5, 5.41) is 2.71. The van der Waals surface area contributed by atoms with Crippen LogP contribution in [0.4, 0.5) is 26.3 Å². The summed E-state index contributed by atoms with van der Waals surface area (Å²) in [4.78, 5) is 38.8. The minimum absolute atomic E-state index is 0.00482. The molecular formula is C62H64Cl4F6N2O5. The number of carbonyl (C=O) groups is 3. The molecular weight excluding hydrogens is 1110 g/mol. The highest BCUT2D eigenvalue weighted by molar-refractivity contribution is 6.31. The fraction of sp³-hybridized carbons (Fsp3) is 0.339. The van der Waals surface area contributed by atoms with Gasteiger partial charge in [-0.3, -0.25) is 9.59 Å². The number of ketones is 3. The minimum atomic E-state index is -4.91. The highest BCUT2D eigenvalue weighted by Gasteiger charge is 2.43. The highest BCUT2D eigenvalue weighted by atomic mass is 35.5. The lowest BCUT2D eigenvalue weighted by Crippen LogP contribution is -2.31. The Morgan fingerprint density at radius 1 is 0.519 bits per heavy atom. The molecule has 0 aliphatic rings. The standard InChI is InChI=1S/C34H38Cl2F3NO3.C28H26Cl2F3NO2/c1-24(41)6-4-3-5-7-28(33(42)34(37,38)39)22-25-8-18-31(19-9-25)43-21-20-40(2)23-32(26-10-14-29(35)15-11-26)27-12-16-30(36)17-13-27;1-19(27(35)28(31,32)33)17-20-3-13-25(14-4-20)36-16-15-34(2)18-26(21-5-9-23(29)10-6-21)22-7-11-24(30)12-8-22/h8-19,28,32H,3-7,20-23H2,1-2H3;3-14,26H,1,15-18H2,2H3. The fourth-order valence-corrected chi connectivity index (χ4v) is 9.27. The zero-order chi connectivity index (χ0) is 57.7. The van der Waals surface area contributed by atoms with E-state index >= 15 is 0 Å². The number of nitrogens with zero attached hydrogens (tertiary/aromatic N) is 2. The van der Waals surface area contributed by atoms with Crippen LogP contribution in [0, 0.1) is 5.92 Å². The SMILES string of the molecule is C=C(Cc1ccc(OCCN(C)CC(c2ccc(Cl)cc2)c2ccc(Cl)cc2)cc1)C(=O)C(F)(F)F.CC(=O)CCCCCC(Cc1ccc(OCCN(C)CC(c2ccc(Cl)cc2)c2ccc(Cl)cc2)cc1)C(=O)C(F)(F)F. The van der Waals surface area contributed by atoms with Gasteiger partial charge in [0.15, 0.2) is 0 Å². The number of Topliss-reactive ketones (excluding diaryl/α,β-unsaturated/α-hetero) is 3. The normalized spacial score (nSPS) is 12.1. The molecule has 0 bridgehead atoms. The number of rotatable bonds is 28. The molecule has 0 fully saturated rings. The van der Waals surface area contributed by atoms with E-state index in [0.29, 0.717) is 94.7 Å². The van der Waals surface area contributed by atoms with Crippen molar-refractivity contribution in [1.82, 2.24) is 9.80 Å². The van der Waals surface area contributed by atoms with Crippen molar-refractivity contribution < 1.29 is 50.2 Å². The Morgan fingerprint density at radius 3 is 1.23 bits per heavy atom. The first kappa shape index (κ1) is 64.2. The van der Waals surface area contributed by atoms with E-state index in [1.807, 2.05) is 111 Å². The first-order valence-electron chi connectivity index (χ1n) is 25.7. The van der Waals surface area contributed by atoms with Gasteiger partial charge in [0.2, 0.25) is 5.78 Å². The second-order valence-corrected chi connectivity index (χ2v) is 21.2. The number of carbonyl (C=O) groups excluding carboxylic acids is 3. The summed E-state index contributed by atoms with van der Waals surface area (Å²) in [6, 6.07) is 44.7. The van der Waals surface area contributed by atoms with E-state index in [2.05, 4.69) is 16.4 Å². The van der Waals surface area contributed by atoms with Crippen LogP contribution in [0.5, 0.6) is 11.5 Å². The van der Waals surface area contributed by atoms with E-state index in [-0.39, 0.29) is 36.9 Å². The number of halogens is 10. The van der Waals surface area contributed by atoms with Crippen molar-refractivity contribution in [2.24, 2.45) is 5.92 Å². The number of hydrogen-bond donors (Lipinski definition) is 0. The summed E-state index contributed by atoms with van der Waals surface area (Å²) in [7, 11) is 4.03. The summed E-state index contributed by atoms with van der Waals surface area (Å²) < 4.78 is 89.0. The van der Waals surface area contributed by atoms with Gasteiger partial charge in [0.25, 0.3) is 5.78 Å². The molecule has 0 N–H and O–H groups in total. The Kier molecular flexibility index (Phi) is 25.5. The molecule has 1 atom stereocenters. The Morgan fingerprint density at radius 2 is 0.886 bits per heavy atom. The zero-order valence-electron chi connectivity index (χ0n) is 44.2. The molecule has 0 aliphatic heterocycles. The monoisotopic (exact) mass is 1170 g/mol. The van der Waals surface area contributed by atoms with Crippen LogP contribution in [0.2, 0.25) is 20.1 Å². The largest absolute Gasteiger partial charge is 0.492 e. The predicted molar refractivity (Wildman–Crippen MR) is 304 cm³/mol. The molecule has 0 radical (unpaired) electrons. The van der Waals surface area contributed by atoms with Gasteiger partial charge in [-0.25, -0.2) is 0 Å². The molecule has 0 aromatic heterocycles. The van der Waals surface area contributed by atoms with Crippen molar-refractivity contribution in [3.05, 3.63) is 211 Å². The number of allylic oxidation sites excluding steroid dienone is 1. The molecule has 0 amide bonds. The molecule has 6 aromatic carbocycles. The summed E-state index contributed by atoms with van der Waals surface area (Å²) >= 11 is 24.4. The van der Waals surface area contributed by atoms with Crippen LogP contribution in [-0.2, 0) is 27.2 Å². The first-order chi connectivity index (χ1) is 37.4. The van der Waals surface area contributed by atoms with E-state index in [4.69, 9.17) is 55.9 Å². The molecule has 0 spiro atoms. The van der Waals surface area contributed by atoms with Crippen molar-refractivity contribution in [2.75, 3.05) is 53.5 Å². The van der Waals surface area contributed by atoms with E-state index in [1.54, 1.807) is 48.5 Å². The van der Waals surface area contributed by atoms with E-state index < -0.39 is 35.4 Å². The maximum Gasteiger partial charge on any atom is 0.454 e. The maximum atomic E-state index is 13.2. The molecule has 1 unspecified atom stereocenters. The lowest BCUT2D eigenvalue weighted by molar-refractivity contribution is -0.175.